The molecule has 47 heavy (non-hydrogen) atoms. The van der Waals surface area contributed by atoms with Crippen LogP contribution in [-0.2, 0) is 16.2 Å². The molecule has 0 radical (unpaired) electrons. The summed E-state index contributed by atoms with van der Waals surface area (Å²) in [6.07, 6.45) is 11.9. The van der Waals surface area contributed by atoms with Gasteiger partial charge in [0.1, 0.15) is 28.2 Å². The number of hydrogen-bond donors (Lipinski definition) is 1. The molecule has 1 N–H and O–H groups in total. The highest BCUT2D eigenvalue weighted by atomic mass is 32.2. The zero-order valence-electron chi connectivity index (χ0n) is 26.1. The Morgan fingerprint density at radius 1 is 0.915 bits per heavy atom. The number of para-hydroxylation sites is 1. The van der Waals surface area contributed by atoms with Crippen LogP contribution in [-0.4, -0.2) is 42.5 Å². The van der Waals surface area contributed by atoms with Crippen molar-refractivity contribution in [1.29, 1.82) is 0 Å². The summed E-state index contributed by atoms with van der Waals surface area (Å²) in [6.45, 7) is 0.677. The van der Waals surface area contributed by atoms with Gasteiger partial charge in [-0.15, -0.1) is 0 Å². The standard InChI is InChI=1S/C37H38FN3O4S2/c38-32-20-12-11-15-28(32)26-45-31-19-14-16-27(23-31)35-29(25-41(39-35)30-17-8-7-9-18-30)24-33-36(44)40(37(46)47-33)22-13-6-4-2-1-3-5-10-21-34(42)43/h7-9,11-12,14-20,23-25H,1-6,10,13,21-22,26H2,(H,42,43)/b33-24-. The molecule has 10 heteroatoms. The van der Waals surface area contributed by atoms with Gasteiger partial charge in [-0.25, -0.2) is 9.07 Å². The predicted molar refractivity (Wildman–Crippen MR) is 189 cm³/mol. The number of aliphatic carboxylic acids is 1. The number of ether oxygens (including phenoxy) is 1. The Labute approximate surface area is 284 Å². The number of amides is 1. The minimum absolute atomic E-state index is 0.0957. The van der Waals surface area contributed by atoms with E-state index in [4.69, 9.17) is 27.2 Å². The number of aromatic nitrogens is 2. The molecule has 1 saturated heterocycles. The largest absolute Gasteiger partial charge is 0.489 e. The van der Waals surface area contributed by atoms with Crippen molar-refractivity contribution in [2.24, 2.45) is 0 Å². The number of rotatable bonds is 17. The summed E-state index contributed by atoms with van der Waals surface area (Å²) in [6, 6.07) is 23.8. The number of carbonyl (C=O) groups excluding carboxylic acids is 1. The molecule has 2 heterocycles. The fraction of sp³-hybridized carbons (Fsp3) is 0.297. The zero-order chi connectivity index (χ0) is 33.0. The molecule has 1 aliphatic heterocycles. The fourth-order valence-electron chi connectivity index (χ4n) is 5.38. The first-order chi connectivity index (χ1) is 22.9. The minimum atomic E-state index is -0.729. The molecule has 0 saturated carbocycles. The first kappa shape index (κ1) is 34.1. The maximum absolute atomic E-state index is 14.2. The second kappa shape index (κ2) is 17.0. The van der Waals surface area contributed by atoms with Crippen LogP contribution in [0.4, 0.5) is 4.39 Å². The van der Waals surface area contributed by atoms with E-state index in [1.165, 1.54) is 17.8 Å². The van der Waals surface area contributed by atoms with Gasteiger partial charge in [0.05, 0.1) is 10.6 Å². The molecular weight excluding hydrogens is 634 g/mol. The van der Waals surface area contributed by atoms with Gasteiger partial charge in [0, 0.05) is 35.9 Å². The molecule has 4 aromatic rings. The quantitative estimate of drug-likeness (QED) is 0.0681. The van der Waals surface area contributed by atoms with E-state index >= 15 is 0 Å². The molecule has 0 atom stereocenters. The summed E-state index contributed by atoms with van der Waals surface area (Å²) in [5, 5.41) is 13.6. The number of halogens is 1. The van der Waals surface area contributed by atoms with Crippen molar-refractivity contribution in [1.82, 2.24) is 14.7 Å². The molecule has 1 aromatic heterocycles. The van der Waals surface area contributed by atoms with Crippen LogP contribution >= 0.6 is 24.0 Å². The van der Waals surface area contributed by atoms with E-state index in [1.54, 1.807) is 27.8 Å². The Kier molecular flexibility index (Phi) is 12.3. The SMILES string of the molecule is O=C(O)CCCCCCCCCCN1C(=O)/C(=C/c2cn(-c3ccccc3)nc2-c2cccc(OCc3ccccc3F)c2)SC1=S. The number of thioether (sulfide) groups is 1. The van der Waals surface area contributed by atoms with Crippen LogP contribution < -0.4 is 4.74 Å². The van der Waals surface area contributed by atoms with Crippen molar-refractivity contribution in [3.8, 4) is 22.7 Å². The molecule has 1 amide bonds. The lowest BCUT2D eigenvalue weighted by Crippen LogP contribution is -2.29. The second-order valence-corrected chi connectivity index (χ2v) is 13.1. The molecule has 0 unspecified atom stereocenters. The van der Waals surface area contributed by atoms with Gasteiger partial charge in [0.25, 0.3) is 5.91 Å². The van der Waals surface area contributed by atoms with Crippen LogP contribution in [0.15, 0.2) is 90.0 Å². The number of carbonyl (C=O) groups is 2. The molecule has 5 rings (SSSR count). The lowest BCUT2D eigenvalue weighted by atomic mass is 10.1. The third kappa shape index (κ3) is 9.62. The van der Waals surface area contributed by atoms with E-state index in [-0.39, 0.29) is 24.8 Å². The maximum atomic E-state index is 14.2. The highest BCUT2D eigenvalue weighted by Crippen LogP contribution is 2.36. The van der Waals surface area contributed by atoms with Crippen molar-refractivity contribution in [3.05, 3.63) is 107 Å². The van der Waals surface area contributed by atoms with E-state index in [0.717, 1.165) is 68.2 Å². The average Bonchev–Trinajstić information content (AvgIpc) is 3.61. The smallest absolute Gasteiger partial charge is 0.303 e. The van der Waals surface area contributed by atoms with E-state index in [0.29, 0.717) is 32.8 Å². The van der Waals surface area contributed by atoms with Gasteiger partial charge >= 0.3 is 5.97 Å². The van der Waals surface area contributed by atoms with E-state index in [2.05, 4.69) is 0 Å². The number of benzene rings is 3. The highest BCUT2D eigenvalue weighted by Gasteiger charge is 2.32. The summed E-state index contributed by atoms with van der Waals surface area (Å²) < 4.78 is 22.5. The van der Waals surface area contributed by atoms with Crippen LogP contribution in [0.5, 0.6) is 5.75 Å². The van der Waals surface area contributed by atoms with Gasteiger partial charge in [-0.1, -0.05) is 111 Å². The van der Waals surface area contributed by atoms with Crippen LogP contribution in [0, 0.1) is 5.82 Å². The van der Waals surface area contributed by atoms with E-state index in [1.807, 2.05) is 66.9 Å². The molecule has 244 valence electrons. The molecule has 0 aliphatic carbocycles. The van der Waals surface area contributed by atoms with Crippen LogP contribution in [0.2, 0.25) is 0 Å². The predicted octanol–water partition coefficient (Wildman–Crippen LogP) is 9.05. The molecule has 0 bridgehead atoms. The number of thiocarbonyl (C=S) groups is 1. The first-order valence-corrected chi connectivity index (χ1v) is 17.2. The van der Waals surface area contributed by atoms with Crippen molar-refractivity contribution in [2.45, 2.75) is 64.4 Å². The molecule has 0 spiro atoms. The number of unbranched alkanes of at least 4 members (excludes halogenated alkanes) is 7. The summed E-state index contributed by atoms with van der Waals surface area (Å²) in [7, 11) is 0. The molecule has 1 fully saturated rings. The Balaban J connectivity index is 1.26. The summed E-state index contributed by atoms with van der Waals surface area (Å²) in [5.41, 5.74) is 3.60. The topological polar surface area (TPSA) is 84.7 Å². The first-order valence-electron chi connectivity index (χ1n) is 16.0. The number of carboxylic acid groups (broad SMARTS) is 1. The van der Waals surface area contributed by atoms with Crippen molar-refractivity contribution in [2.75, 3.05) is 6.54 Å². The molecule has 7 nitrogen and oxygen atoms in total. The van der Waals surface area contributed by atoms with Gasteiger partial charge in [-0.05, 0) is 49.2 Å². The Morgan fingerprint density at radius 3 is 2.36 bits per heavy atom. The van der Waals surface area contributed by atoms with Crippen LogP contribution in [0.25, 0.3) is 23.0 Å². The van der Waals surface area contributed by atoms with Gasteiger partial charge in [-0.2, -0.15) is 5.10 Å². The third-order valence-electron chi connectivity index (χ3n) is 7.91. The third-order valence-corrected chi connectivity index (χ3v) is 9.28. The minimum Gasteiger partial charge on any atom is -0.489 e. The van der Waals surface area contributed by atoms with Gasteiger partial charge < -0.3 is 9.84 Å². The number of nitrogens with zero attached hydrogens (tertiary/aromatic N) is 3. The van der Waals surface area contributed by atoms with Gasteiger partial charge in [0.2, 0.25) is 0 Å². The van der Waals surface area contributed by atoms with E-state index in [9.17, 15) is 14.0 Å². The van der Waals surface area contributed by atoms with Crippen molar-refractivity contribution in [3.63, 3.8) is 0 Å². The molecule has 3 aromatic carbocycles. The van der Waals surface area contributed by atoms with Crippen LogP contribution in [0.3, 0.4) is 0 Å². The summed E-state index contributed by atoms with van der Waals surface area (Å²) in [4.78, 5) is 26.4. The second-order valence-electron chi connectivity index (χ2n) is 11.4. The summed E-state index contributed by atoms with van der Waals surface area (Å²) >= 11 is 6.92. The highest BCUT2D eigenvalue weighted by molar-refractivity contribution is 8.26. The number of hydrogen-bond acceptors (Lipinski definition) is 6. The maximum Gasteiger partial charge on any atom is 0.303 e. The molecule has 1 aliphatic rings. The van der Waals surface area contributed by atoms with Crippen LogP contribution in [0.1, 0.15) is 68.9 Å². The zero-order valence-corrected chi connectivity index (χ0v) is 27.8. The fourth-order valence-corrected chi connectivity index (χ4v) is 6.68. The Hall–Kier alpha value is -4.28. The lowest BCUT2D eigenvalue weighted by molar-refractivity contribution is -0.137. The normalized spacial score (nSPS) is 13.9. The van der Waals surface area contributed by atoms with Crippen molar-refractivity contribution >= 4 is 46.3 Å². The van der Waals surface area contributed by atoms with Gasteiger partial charge in [-0.3, -0.25) is 14.5 Å². The Bertz CT molecular complexity index is 1720. The van der Waals surface area contributed by atoms with E-state index < -0.39 is 5.97 Å². The summed E-state index contributed by atoms with van der Waals surface area (Å²) in [5.74, 6) is -0.561. The number of carboxylic acids is 1. The monoisotopic (exact) mass is 671 g/mol. The van der Waals surface area contributed by atoms with Crippen molar-refractivity contribution < 1.29 is 23.8 Å². The molecular formula is C37H38FN3O4S2. The Morgan fingerprint density at radius 2 is 1.62 bits per heavy atom. The van der Waals surface area contributed by atoms with Gasteiger partial charge in [0.15, 0.2) is 0 Å². The lowest BCUT2D eigenvalue weighted by Gasteiger charge is -2.14. The average molecular weight is 672 g/mol.